The first-order valence-electron chi connectivity index (χ1n) is 8.70. The Hall–Kier alpha value is -0.860. The van der Waals surface area contributed by atoms with E-state index in [9.17, 15) is 0 Å². The minimum atomic E-state index is 0.131. The van der Waals surface area contributed by atoms with E-state index in [0.717, 1.165) is 31.3 Å². The van der Waals surface area contributed by atoms with Crippen LogP contribution in [-0.2, 0) is 0 Å². The van der Waals surface area contributed by atoms with Crippen molar-refractivity contribution < 1.29 is 10.2 Å². The Bertz CT molecular complexity index is 437. The smallest absolute Gasteiger partial charge is 0.0639 e. The molecule has 0 atom stereocenters. The van der Waals surface area contributed by atoms with Gasteiger partial charge in [0, 0.05) is 0 Å². The highest BCUT2D eigenvalue weighted by atomic mass is 16.3. The summed E-state index contributed by atoms with van der Waals surface area (Å²) in [6.07, 6.45) is 10.6. The van der Waals surface area contributed by atoms with Crippen molar-refractivity contribution in [3.05, 3.63) is 34.9 Å². The van der Waals surface area contributed by atoms with Crippen LogP contribution < -0.4 is 0 Å². The lowest BCUT2D eigenvalue weighted by Crippen LogP contribution is -2.13. The summed E-state index contributed by atoms with van der Waals surface area (Å²) in [5, 5.41) is 18.1. The molecule has 2 heteroatoms. The van der Waals surface area contributed by atoms with Crippen molar-refractivity contribution >= 4 is 0 Å². The third kappa shape index (κ3) is 11.3. The highest BCUT2D eigenvalue weighted by Gasteiger charge is 2.19. The first-order valence-corrected chi connectivity index (χ1v) is 8.70. The predicted octanol–water partition coefficient (Wildman–Crippen LogP) is 5.42. The van der Waals surface area contributed by atoms with Gasteiger partial charge < -0.3 is 10.2 Å². The molecule has 23 heavy (non-hydrogen) atoms. The van der Waals surface area contributed by atoms with Gasteiger partial charge >= 0.3 is 0 Å². The van der Waals surface area contributed by atoms with Crippen molar-refractivity contribution in [2.24, 2.45) is 10.8 Å². The summed E-state index contributed by atoms with van der Waals surface area (Å²) in [6, 6.07) is 0. The maximum atomic E-state index is 9.10. The van der Waals surface area contributed by atoms with Crippen LogP contribution in [0.25, 0.3) is 0 Å². The van der Waals surface area contributed by atoms with Crippen molar-refractivity contribution in [2.45, 2.75) is 74.1 Å². The number of aliphatic hydroxyl groups is 2. The van der Waals surface area contributed by atoms with Gasteiger partial charge in [-0.15, -0.1) is 0 Å². The van der Waals surface area contributed by atoms with Crippen molar-refractivity contribution in [1.82, 2.24) is 0 Å². The molecule has 0 saturated carbocycles. The standard InChI is InChI=1S/C21H38O2/c1-17(14-21(6,7)12-9-19(3)16-23)8-11-20(4,5)15-18(2)10-13-22/h8-10,22-23H,11-16H2,1-7H3. The van der Waals surface area contributed by atoms with E-state index in [-0.39, 0.29) is 24.0 Å². The van der Waals surface area contributed by atoms with Crippen molar-refractivity contribution in [3.63, 3.8) is 0 Å². The largest absolute Gasteiger partial charge is 0.392 e. The Morgan fingerprint density at radius 3 is 1.48 bits per heavy atom. The van der Waals surface area contributed by atoms with E-state index in [0.29, 0.717) is 0 Å². The molecule has 0 rings (SSSR count). The van der Waals surface area contributed by atoms with E-state index in [4.69, 9.17) is 10.2 Å². The first kappa shape index (κ1) is 22.1. The molecule has 134 valence electrons. The summed E-state index contributed by atoms with van der Waals surface area (Å²) in [5.41, 5.74) is 4.17. The molecule has 0 aliphatic carbocycles. The van der Waals surface area contributed by atoms with Crippen LogP contribution in [0.15, 0.2) is 34.9 Å². The minimum absolute atomic E-state index is 0.131. The lowest BCUT2D eigenvalue weighted by molar-refractivity contribution is 0.326. The minimum Gasteiger partial charge on any atom is -0.392 e. The van der Waals surface area contributed by atoms with E-state index in [1.54, 1.807) is 0 Å². The lowest BCUT2D eigenvalue weighted by atomic mass is 9.79. The first-order chi connectivity index (χ1) is 10.5. The van der Waals surface area contributed by atoms with Crippen LogP contribution >= 0.6 is 0 Å². The van der Waals surface area contributed by atoms with Gasteiger partial charge in [-0.3, -0.25) is 0 Å². The molecule has 0 spiro atoms. The second-order valence-electron chi connectivity index (χ2n) is 8.58. The summed E-state index contributed by atoms with van der Waals surface area (Å²) >= 11 is 0. The maximum Gasteiger partial charge on any atom is 0.0639 e. The Balaban J connectivity index is 4.62. The molecule has 0 heterocycles. The molecule has 2 nitrogen and oxygen atoms in total. The van der Waals surface area contributed by atoms with E-state index < -0.39 is 0 Å². The van der Waals surface area contributed by atoms with Gasteiger partial charge in [-0.1, -0.05) is 62.6 Å². The number of hydrogen-bond acceptors (Lipinski definition) is 2. The Kier molecular flexibility index (Phi) is 9.72. The summed E-state index contributed by atoms with van der Waals surface area (Å²) < 4.78 is 0. The summed E-state index contributed by atoms with van der Waals surface area (Å²) in [4.78, 5) is 0. The molecule has 0 aliphatic heterocycles. The van der Waals surface area contributed by atoms with Crippen LogP contribution in [0.2, 0.25) is 0 Å². The second-order valence-corrected chi connectivity index (χ2v) is 8.58. The molecule has 0 fully saturated rings. The van der Waals surface area contributed by atoms with Gasteiger partial charge in [0.05, 0.1) is 13.2 Å². The molecule has 2 N–H and O–H groups in total. The van der Waals surface area contributed by atoms with Crippen molar-refractivity contribution in [1.29, 1.82) is 0 Å². The molecule has 0 amide bonds. The van der Waals surface area contributed by atoms with Crippen LogP contribution in [0.1, 0.15) is 74.1 Å². The molecular formula is C21H38O2. The molecular weight excluding hydrogens is 284 g/mol. The third-order valence-electron chi connectivity index (χ3n) is 4.21. The summed E-state index contributed by atoms with van der Waals surface area (Å²) in [6.45, 7) is 15.7. The molecule has 0 aromatic heterocycles. The zero-order chi connectivity index (χ0) is 18.1. The van der Waals surface area contributed by atoms with Crippen molar-refractivity contribution in [3.8, 4) is 0 Å². The predicted molar refractivity (Wildman–Crippen MR) is 101 cm³/mol. The average molecular weight is 323 g/mol. The molecule has 0 saturated heterocycles. The highest BCUT2D eigenvalue weighted by Crippen LogP contribution is 2.33. The number of allylic oxidation sites excluding steroid dienone is 4. The molecule has 0 aromatic carbocycles. The lowest BCUT2D eigenvalue weighted by Gasteiger charge is -2.26. The van der Waals surface area contributed by atoms with Gasteiger partial charge in [0.25, 0.3) is 0 Å². The Morgan fingerprint density at radius 1 is 0.696 bits per heavy atom. The van der Waals surface area contributed by atoms with Gasteiger partial charge in [0.15, 0.2) is 0 Å². The summed E-state index contributed by atoms with van der Waals surface area (Å²) in [7, 11) is 0. The van der Waals surface area contributed by atoms with E-state index in [1.165, 1.54) is 11.1 Å². The fourth-order valence-electron chi connectivity index (χ4n) is 2.92. The van der Waals surface area contributed by atoms with Gasteiger partial charge in [0.2, 0.25) is 0 Å². The third-order valence-corrected chi connectivity index (χ3v) is 4.21. The SMILES string of the molecule is CC(=CCC(C)(C)CC(C)=CCC(C)(C)CC(C)=CCO)CO. The highest BCUT2D eigenvalue weighted by molar-refractivity contribution is 5.08. The van der Waals surface area contributed by atoms with Crippen LogP contribution in [0.4, 0.5) is 0 Å². The summed E-state index contributed by atoms with van der Waals surface area (Å²) in [5.74, 6) is 0. The van der Waals surface area contributed by atoms with E-state index in [2.05, 4.69) is 53.7 Å². The van der Waals surface area contributed by atoms with E-state index in [1.807, 2.05) is 13.0 Å². The topological polar surface area (TPSA) is 40.5 Å². The molecule has 0 aromatic rings. The normalized spacial score (nSPS) is 15.3. The molecule has 0 unspecified atom stereocenters. The fraction of sp³-hybridized carbons (Fsp3) is 0.714. The van der Waals surface area contributed by atoms with E-state index >= 15 is 0 Å². The zero-order valence-corrected chi connectivity index (χ0v) is 16.4. The van der Waals surface area contributed by atoms with Crippen LogP contribution in [0, 0.1) is 10.8 Å². The number of aliphatic hydroxyl groups excluding tert-OH is 2. The Morgan fingerprint density at radius 2 is 1.09 bits per heavy atom. The monoisotopic (exact) mass is 322 g/mol. The van der Waals surface area contributed by atoms with Gasteiger partial charge in [-0.25, -0.2) is 0 Å². The van der Waals surface area contributed by atoms with Crippen LogP contribution in [0.5, 0.6) is 0 Å². The Labute approximate surface area is 144 Å². The van der Waals surface area contributed by atoms with Crippen LogP contribution in [0.3, 0.4) is 0 Å². The second kappa shape index (κ2) is 10.1. The quantitative estimate of drug-likeness (QED) is 0.527. The molecule has 0 bridgehead atoms. The van der Waals surface area contributed by atoms with Gasteiger partial charge in [0.1, 0.15) is 0 Å². The van der Waals surface area contributed by atoms with Crippen molar-refractivity contribution in [2.75, 3.05) is 13.2 Å². The van der Waals surface area contributed by atoms with Gasteiger partial charge in [-0.2, -0.15) is 0 Å². The fourth-order valence-corrected chi connectivity index (χ4v) is 2.92. The average Bonchev–Trinajstić information content (AvgIpc) is 2.42. The van der Waals surface area contributed by atoms with Crippen LogP contribution in [-0.4, -0.2) is 23.4 Å². The van der Waals surface area contributed by atoms with Gasteiger partial charge in [-0.05, 0) is 57.3 Å². The molecule has 0 radical (unpaired) electrons. The maximum absolute atomic E-state index is 9.10. The number of rotatable bonds is 10. The molecule has 0 aliphatic rings. The zero-order valence-electron chi connectivity index (χ0n) is 16.4. The number of hydrogen-bond donors (Lipinski definition) is 2.